The number of hydrogen-bond donors (Lipinski definition) is 1. The molecule has 0 spiro atoms. The number of fused-ring (bicyclic) bond motifs is 3. The molecule has 1 aromatic heterocycles. The molecule has 0 unspecified atom stereocenters. The molecular weight excluding hydrogens is 272 g/mol. The van der Waals surface area contributed by atoms with Gasteiger partial charge in [-0.3, -0.25) is 4.79 Å². The van der Waals surface area contributed by atoms with Crippen LogP contribution in [0.5, 0.6) is 0 Å². The molecule has 22 heavy (non-hydrogen) atoms. The smallest absolute Gasteiger partial charge is 0.223 e. The first kappa shape index (κ1) is 15.1. The van der Waals surface area contributed by atoms with E-state index in [4.69, 9.17) is 0 Å². The minimum Gasteiger partial charge on any atom is -0.358 e. The third-order valence-corrected chi connectivity index (χ3v) is 4.45. The summed E-state index contributed by atoms with van der Waals surface area (Å²) in [5.41, 5.74) is 5.29. The molecule has 1 N–H and O–H groups in total. The van der Waals surface area contributed by atoms with Crippen molar-refractivity contribution in [3.8, 4) is 0 Å². The number of amides is 1. The first-order chi connectivity index (χ1) is 10.3. The van der Waals surface area contributed by atoms with Gasteiger partial charge in [-0.15, -0.1) is 0 Å². The van der Waals surface area contributed by atoms with Gasteiger partial charge in [0, 0.05) is 42.5 Å². The van der Waals surface area contributed by atoms with Crippen molar-refractivity contribution in [2.24, 2.45) is 5.41 Å². The van der Waals surface area contributed by atoms with Crippen LogP contribution in [-0.4, -0.2) is 28.9 Å². The van der Waals surface area contributed by atoms with Crippen LogP contribution < -0.4 is 0 Å². The molecule has 2 heterocycles. The lowest BCUT2D eigenvalue weighted by Crippen LogP contribution is -2.35. The van der Waals surface area contributed by atoms with Gasteiger partial charge in [-0.1, -0.05) is 32.4 Å². The molecule has 0 saturated heterocycles. The minimum absolute atomic E-state index is 0.0570. The number of aryl methyl sites for hydroxylation is 1. The molecule has 0 aliphatic carbocycles. The van der Waals surface area contributed by atoms with Gasteiger partial charge in [-0.25, -0.2) is 0 Å². The molecule has 0 atom stereocenters. The molecule has 3 heteroatoms. The number of nitrogens with zero attached hydrogens (tertiary/aromatic N) is 1. The van der Waals surface area contributed by atoms with Crippen LogP contribution in [0, 0.1) is 12.3 Å². The maximum atomic E-state index is 12.5. The Balaban J connectivity index is 1.81. The van der Waals surface area contributed by atoms with Crippen LogP contribution in [0.2, 0.25) is 0 Å². The molecule has 3 nitrogen and oxygen atoms in total. The fraction of sp³-hybridized carbons (Fsp3) is 0.526. The summed E-state index contributed by atoms with van der Waals surface area (Å²) in [7, 11) is 0. The Kier molecular flexibility index (Phi) is 3.75. The Bertz CT molecular complexity index is 706. The largest absolute Gasteiger partial charge is 0.358 e. The topological polar surface area (TPSA) is 36.1 Å². The Morgan fingerprint density at radius 2 is 1.95 bits per heavy atom. The summed E-state index contributed by atoms with van der Waals surface area (Å²) in [6.07, 6.45) is 2.51. The molecule has 1 aliphatic heterocycles. The zero-order valence-corrected chi connectivity index (χ0v) is 14.1. The number of benzene rings is 1. The molecule has 3 rings (SSSR count). The van der Waals surface area contributed by atoms with Gasteiger partial charge in [0.15, 0.2) is 0 Å². The average molecular weight is 298 g/mol. The van der Waals surface area contributed by atoms with Crippen LogP contribution in [0.4, 0.5) is 0 Å². The monoisotopic (exact) mass is 298 g/mol. The summed E-state index contributed by atoms with van der Waals surface area (Å²) in [5, 5.41) is 1.33. The SMILES string of the molecule is Cc1ccc2[nH]c3c(c2c1)CCN(C(=O)CC(C)(C)C)CC3. The van der Waals surface area contributed by atoms with Gasteiger partial charge in [0.1, 0.15) is 0 Å². The van der Waals surface area contributed by atoms with E-state index in [0.717, 1.165) is 25.9 Å². The normalized spacial score (nSPS) is 15.7. The number of carbonyl (C=O) groups excluding carboxylic acids is 1. The second-order valence-corrected chi connectivity index (χ2v) is 7.75. The fourth-order valence-corrected chi connectivity index (χ4v) is 3.34. The quantitative estimate of drug-likeness (QED) is 0.853. The van der Waals surface area contributed by atoms with Gasteiger partial charge in [0.25, 0.3) is 0 Å². The standard InChI is InChI=1S/C19H26N2O/c1-13-5-6-16-15(11-13)14-7-9-21(10-8-17(14)20-16)18(22)12-19(2,3)4/h5-6,11,20H,7-10,12H2,1-4H3. The average Bonchev–Trinajstić information content (AvgIpc) is 2.61. The minimum atomic E-state index is 0.0570. The zero-order valence-electron chi connectivity index (χ0n) is 14.1. The molecule has 1 aromatic carbocycles. The highest BCUT2D eigenvalue weighted by atomic mass is 16.2. The summed E-state index contributed by atoms with van der Waals surface area (Å²) in [6.45, 7) is 10.2. The number of H-pyrrole nitrogens is 1. The van der Waals surface area contributed by atoms with Gasteiger partial charge in [-0.2, -0.15) is 0 Å². The van der Waals surface area contributed by atoms with Crippen molar-refractivity contribution in [1.29, 1.82) is 0 Å². The summed E-state index contributed by atoms with van der Waals surface area (Å²) in [4.78, 5) is 18.1. The van der Waals surface area contributed by atoms with Gasteiger partial charge in [0.05, 0.1) is 0 Å². The van der Waals surface area contributed by atoms with Crippen LogP contribution >= 0.6 is 0 Å². The van der Waals surface area contributed by atoms with E-state index in [1.165, 1.54) is 27.7 Å². The molecule has 0 bridgehead atoms. The summed E-state index contributed by atoms with van der Waals surface area (Å²) >= 11 is 0. The van der Waals surface area contributed by atoms with Gasteiger partial charge in [-0.05, 0) is 36.5 Å². The summed E-state index contributed by atoms with van der Waals surface area (Å²) in [6, 6.07) is 6.58. The highest BCUT2D eigenvalue weighted by Gasteiger charge is 2.24. The van der Waals surface area contributed by atoms with Crippen LogP contribution in [0.25, 0.3) is 10.9 Å². The van der Waals surface area contributed by atoms with Crippen LogP contribution in [0.1, 0.15) is 44.0 Å². The Hall–Kier alpha value is -1.77. The van der Waals surface area contributed by atoms with E-state index < -0.39 is 0 Å². The fourth-order valence-electron chi connectivity index (χ4n) is 3.34. The predicted octanol–water partition coefficient (Wildman–Crippen LogP) is 3.84. The van der Waals surface area contributed by atoms with E-state index in [2.05, 4.69) is 50.9 Å². The molecule has 1 aliphatic rings. The van der Waals surface area contributed by atoms with E-state index in [-0.39, 0.29) is 11.3 Å². The second-order valence-electron chi connectivity index (χ2n) is 7.75. The van der Waals surface area contributed by atoms with E-state index in [1.807, 2.05) is 4.90 Å². The van der Waals surface area contributed by atoms with Gasteiger partial charge in [0.2, 0.25) is 5.91 Å². The number of aromatic nitrogens is 1. The molecular formula is C19H26N2O. The van der Waals surface area contributed by atoms with Crippen molar-refractivity contribution < 1.29 is 4.79 Å². The maximum absolute atomic E-state index is 12.5. The van der Waals surface area contributed by atoms with Crippen molar-refractivity contribution >= 4 is 16.8 Å². The lowest BCUT2D eigenvalue weighted by molar-refractivity contribution is -0.133. The summed E-state index contributed by atoms with van der Waals surface area (Å²) < 4.78 is 0. The van der Waals surface area contributed by atoms with E-state index in [0.29, 0.717) is 6.42 Å². The van der Waals surface area contributed by atoms with Crippen molar-refractivity contribution in [1.82, 2.24) is 9.88 Å². The van der Waals surface area contributed by atoms with Crippen molar-refractivity contribution in [2.75, 3.05) is 13.1 Å². The van der Waals surface area contributed by atoms with Crippen molar-refractivity contribution in [2.45, 2.75) is 47.0 Å². The van der Waals surface area contributed by atoms with Gasteiger partial charge < -0.3 is 9.88 Å². The number of rotatable bonds is 1. The molecule has 118 valence electrons. The number of carbonyl (C=O) groups is 1. The first-order valence-electron chi connectivity index (χ1n) is 8.21. The summed E-state index contributed by atoms with van der Waals surface area (Å²) in [5.74, 6) is 0.290. The lowest BCUT2D eigenvalue weighted by atomic mass is 9.91. The van der Waals surface area contributed by atoms with Crippen molar-refractivity contribution in [3.63, 3.8) is 0 Å². The van der Waals surface area contributed by atoms with Crippen LogP contribution in [0.3, 0.4) is 0 Å². The Labute approximate surface area is 132 Å². The number of aromatic amines is 1. The molecule has 0 radical (unpaired) electrons. The second kappa shape index (κ2) is 5.45. The maximum Gasteiger partial charge on any atom is 0.223 e. The first-order valence-corrected chi connectivity index (χ1v) is 8.21. The van der Waals surface area contributed by atoms with Crippen LogP contribution in [0.15, 0.2) is 18.2 Å². The third-order valence-electron chi connectivity index (χ3n) is 4.45. The molecule has 2 aromatic rings. The van der Waals surface area contributed by atoms with E-state index in [1.54, 1.807) is 0 Å². The van der Waals surface area contributed by atoms with E-state index >= 15 is 0 Å². The highest BCUT2D eigenvalue weighted by molar-refractivity contribution is 5.86. The van der Waals surface area contributed by atoms with E-state index in [9.17, 15) is 4.79 Å². The van der Waals surface area contributed by atoms with Crippen LogP contribution in [-0.2, 0) is 17.6 Å². The number of hydrogen-bond acceptors (Lipinski definition) is 1. The zero-order chi connectivity index (χ0) is 15.9. The molecule has 0 fully saturated rings. The van der Waals surface area contributed by atoms with Gasteiger partial charge >= 0.3 is 0 Å². The number of nitrogens with one attached hydrogen (secondary N) is 1. The molecule has 0 saturated carbocycles. The predicted molar refractivity (Wildman–Crippen MR) is 91.1 cm³/mol. The lowest BCUT2D eigenvalue weighted by Gasteiger charge is -2.25. The third kappa shape index (κ3) is 3.03. The van der Waals surface area contributed by atoms with Crippen molar-refractivity contribution in [3.05, 3.63) is 35.0 Å². The molecule has 1 amide bonds. The Morgan fingerprint density at radius 1 is 1.23 bits per heavy atom. The highest BCUT2D eigenvalue weighted by Crippen LogP contribution is 2.27. The Morgan fingerprint density at radius 3 is 2.68 bits per heavy atom.